The van der Waals surface area contributed by atoms with Crippen molar-refractivity contribution >= 4 is 35.0 Å². The van der Waals surface area contributed by atoms with E-state index in [-0.39, 0.29) is 42.7 Å². The molecule has 0 saturated heterocycles. The first-order valence-corrected chi connectivity index (χ1v) is 11.5. The number of benzene rings is 1. The predicted molar refractivity (Wildman–Crippen MR) is 116 cm³/mol. The van der Waals surface area contributed by atoms with E-state index in [2.05, 4.69) is 0 Å². The van der Waals surface area contributed by atoms with Crippen molar-refractivity contribution in [3.8, 4) is 5.75 Å². The van der Waals surface area contributed by atoms with Crippen LogP contribution in [-0.2, 0) is 33.1 Å². The number of ketones is 2. The number of aliphatic hydroxyl groups is 3. The summed E-state index contributed by atoms with van der Waals surface area (Å²) in [6, 6.07) is 1.78. The number of thioether (sulfide) groups is 1. The molecule has 3 aliphatic rings. The molecule has 4 rings (SSSR count). The van der Waals surface area contributed by atoms with E-state index in [1.807, 2.05) is 6.26 Å². The maximum Gasteiger partial charge on any atom is 0.255 e. The molecular weight excluding hydrogens is 436 g/mol. The van der Waals surface area contributed by atoms with E-state index in [1.165, 1.54) is 11.8 Å². The fourth-order valence-electron chi connectivity index (χ4n) is 5.28. The van der Waals surface area contributed by atoms with E-state index in [0.29, 0.717) is 16.9 Å². The van der Waals surface area contributed by atoms with Crippen LogP contribution in [0.5, 0.6) is 5.75 Å². The maximum atomic E-state index is 13.5. The highest BCUT2D eigenvalue weighted by atomic mass is 32.2. The first-order valence-electron chi connectivity index (χ1n) is 10.1. The van der Waals surface area contributed by atoms with Gasteiger partial charge in [-0.1, -0.05) is 0 Å². The van der Waals surface area contributed by atoms with Gasteiger partial charge in [-0.2, -0.15) is 11.8 Å². The molecule has 1 fully saturated rings. The van der Waals surface area contributed by atoms with Crippen molar-refractivity contribution in [1.82, 2.24) is 0 Å². The zero-order valence-corrected chi connectivity index (χ0v) is 18.2. The molecule has 0 aliphatic heterocycles. The zero-order valence-electron chi connectivity index (χ0n) is 17.3. The van der Waals surface area contributed by atoms with Gasteiger partial charge in [0.05, 0.1) is 5.56 Å². The number of rotatable bonds is 4. The molecule has 170 valence electrons. The van der Waals surface area contributed by atoms with Crippen molar-refractivity contribution in [2.24, 2.45) is 23.3 Å². The molecule has 8 N–H and O–H groups in total. The highest BCUT2D eigenvalue weighted by Crippen LogP contribution is 2.52. The lowest BCUT2D eigenvalue weighted by Gasteiger charge is -2.46. The summed E-state index contributed by atoms with van der Waals surface area (Å²) in [5, 5.41) is 43.8. The molecule has 3 aliphatic carbocycles. The molecule has 10 heteroatoms. The van der Waals surface area contributed by atoms with Crippen molar-refractivity contribution in [1.29, 1.82) is 0 Å². The number of fused-ring (bicyclic) bond motifs is 3. The molecule has 0 spiro atoms. The summed E-state index contributed by atoms with van der Waals surface area (Å²) in [6.07, 6.45) is 1.86. The first-order chi connectivity index (χ1) is 15.1. The number of nitrogens with two attached hydrogens (primary N) is 2. The van der Waals surface area contributed by atoms with Crippen LogP contribution in [0.1, 0.15) is 35.1 Å². The summed E-state index contributed by atoms with van der Waals surface area (Å²) in [5.41, 5.74) is 9.55. The van der Waals surface area contributed by atoms with E-state index < -0.39 is 52.0 Å². The van der Waals surface area contributed by atoms with Crippen molar-refractivity contribution in [3.05, 3.63) is 45.2 Å². The summed E-state index contributed by atoms with van der Waals surface area (Å²) in [4.78, 5) is 37.5. The second kappa shape index (κ2) is 7.65. The average molecular weight is 461 g/mol. The van der Waals surface area contributed by atoms with E-state index >= 15 is 0 Å². The lowest BCUT2D eigenvalue weighted by Crippen LogP contribution is -2.58. The summed E-state index contributed by atoms with van der Waals surface area (Å²) >= 11 is 1.46. The Bertz CT molecular complexity index is 1140. The van der Waals surface area contributed by atoms with Gasteiger partial charge in [-0.15, -0.1) is 0 Å². The van der Waals surface area contributed by atoms with E-state index in [1.54, 1.807) is 6.07 Å². The van der Waals surface area contributed by atoms with Gasteiger partial charge in [-0.3, -0.25) is 14.4 Å². The molecule has 0 radical (unpaired) electrons. The van der Waals surface area contributed by atoms with Gasteiger partial charge in [-0.25, -0.2) is 0 Å². The summed E-state index contributed by atoms with van der Waals surface area (Å²) in [7, 11) is 0. The van der Waals surface area contributed by atoms with Gasteiger partial charge in [0, 0.05) is 35.8 Å². The molecule has 1 aromatic carbocycles. The molecule has 1 amide bonds. The number of phenolic OH excluding ortho intramolecular Hbond substituents is 1. The van der Waals surface area contributed by atoms with Crippen LogP contribution in [0.2, 0.25) is 0 Å². The lowest BCUT2D eigenvalue weighted by atomic mass is 9.59. The molecule has 3 unspecified atom stereocenters. The summed E-state index contributed by atoms with van der Waals surface area (Å²) in [5.74, 6) is -5.83. The minimum Gasteiger partial charge on any atom is -0.508 e. The van der Waals surface area contributed by atoms with Crippen LogP contribution in [0.4, 0.5) is 0 Å². The molecule has 1 saturated carbocycles. The Labute approximate surface area is 187 Å². The van der Waals surface area contributed by atoms with Crippen LogP contribution in [0.3, 0.4) is 0 Å². The standard InChI is InChI=1S/C22H24N2O7S/c1-32-7-10-2-9(6-23)12-4-8-3-11-5-13(25)16(21(24)30)20(29)22(11,31)19(28)14(8)18(27)15(12)17(10)26/h2,8,11,26-27,29,31H,3-7,23H2,1H3,(H2,24,30). The number of hydrogen-bond donors (Lipinski definition) is 6. The van der Waals surface area contributed by atoms with Crippen molar-refractivity contribution in [3.63, 3.8) is 0 Å². The van der Waals surface area contributed by atoms with Crippen LogP contribution in [0.25, 0.3) is 5.76 Å². The smallest absolute Gasteiger partial charge is 0.255 e. The number of Topliss-reactive ketones (excluding diaryl/α,β-unsaturated/α-hetero) is 2. The van der Waals surface area contributed by atoms with Gasteiger partial charge in [0.2, 0.25) is 5.78 Å². The predicted octanol–water partition coefficient (Wildman–Crippen LogP) is 0.746. The van der Waals surface area contributed by atoms with Crippen LogP contribution in [0.15, 0.2) is 23.0 Å². The van der Waals surface area contributed by atoms with E-state index in [0.717, 1.165) is 5.56 Å². The number of carbonyl (C=O) groups excluding carboxylic acids is 3. The Morgan fingerprint density at radius 3 is 2.50 bits per heavy atom. The SMILES string of the molecule is CSCc1cc(CN)c2c(c1O)C(O)=C1C(=O)C3(O)C(O)=C(C(N)=O)C(=O)CC3CC1C2. The van der Waals surface area contributed by atoms with Crippen molar-refractivity contribution in [2.75, 3.05) is 6.26 Å². The molecule has 0 aromatic heterocycles. The van der Waals surface area contributed by atoms with Crippen LogP contribution >= 0.6 is 11.8 Å². The molecule has 0 heterocycles. The number of carbonyl (C=O) groups is 3. The highest BCUT2D eigenvalue weighted by Gasteiger charge is 2.60. The number of hydrogen-bond acceptors (Lipinski definition) is 9. The lowest BCUT2D eigenvalue weighted by molar-refractivity contribution is -0.147. The second-order valence-electron chi connectivity index (χ2n) is 8.44. The number of aromatic hydroxyl groups is 1. The topological polar surface area (TPSA) is 184 Å². The number of amides is 1. The Balaban J connectivity index is 1.95. The monoisotopic (exact) mass is 460 g/mol. The van der Waals surface area contributed by atoms with Gasteiger partial charge >= 0.3 is 0 Å². The minimum absolute atomic E-state index is 0.0872. The van der Waals surface area contributed by atoms with Crippen LogP contribution in [0, 0.1) is 11.8 Å². The van der Waals surface area contributed by atoms with Crippen LogP contribution < -0.4 is 11.5 Å². The molecule has 0 bridgehead atoms. The Morgan fingerprint density at radius 1 is 1.22 bits per heavy atom. The van der Waals surface area contributed by atoms with Gasteiger partial charge in [-0.05, 0) is 42.2 Å². The average Bonchev–Trinajstić information content (AvgIpc) is 2.72. The Kier molecular flexibility index (Phi) is 5.35. The number of primary amides is 1. The second-order valence-corrected chi connectivity index (χ2v) is 9.31. The number of aliphatic hydroxyl groups excluding tert-OH is 2. The van der Waals surface area contributed by atoms with Crippen molar-refractivity contribution in [2.45, 2.75) is 37.2 Å². The van der Waals surface area contributed by atoms with E-state index in [9.17, 15) is 34.8 Å². The summed E-state index contributed by atoms with van der Waals surface area (Å²) < 4.78 is 0. The molecular formula is C22H24N2O7S. The normalized spacial score (nSPS) is 27.2. The van der Waals surface area contributed by atoms with Gasteiger partial charge < -0.3 is 31.9 Å². The Morgan fingerprint density at radius 2 is 1.91 bits per heavy atom. The minimum atomic E-state index is -2.56. The fraction of sp³-hybridized carbons (Fsp3) is 0.409. The third-order valence-electron chi connectivity index (χ3n) is 6.75. The Hall–Kier alpha value is -2.82. The number of phenols is 1. The van der Waals surface area contributed by atoms with Gasteiger partial charge in [0.25, 0.3) is 5.91 Å². The molecule has 32 heavy (non-hydrogen) atoms. The fourth-order valence-corrected chi connectivity index (χ4v) is 5.81. The quantitative estimate of drug-likeness (QED) is 0.353. The largest absolute Gasteiger partial charge is 0.508 e. The van der Waals surface area contributed by atoms with Crippen LogP contribution in [-0.4, -0.2) is 49.8 Å². The molecule has 1 aromatic rings. The third-order valence-corrected chi connectivity index (χ3v) is 7.35. The summed E-state index contributed by atoms with van der Waals surface area (Å²) in [6.45, 7) is 0.157. The van der Waals surface area contributed by atoms with Gasteiger partial charge in [0.1, 0.15) is 22.8 Å². The van der Waals surface area contributed by atoms with Crippen molar-refractivity contribution < 1.29 is 34.8 Å². The van der Waals surface area contributed by atoms with Gasteiger partial charge in [0.15, 0.2) is 11.4 Å². The first kappa shape index (κ1) is 22.4. The zero-order chi connectivity index (χ0) is 23.5. The third kappa shape index (κ3) is 2.90. The molecule has 9 nitrogen and oxygen atoms in total. The van der Waals surface area contributed by atoms with E-state index in [4.69, 9.17) is 11.5 Å². The highest BCUT2D eigenvalue weighted by molar-refractivity contribution is 7.97. The molecule has 3 atom stereocenters. The maximum absolute atomic E-state index is 13.5.